The van der Waals surface area contributed by atoms with Gasteiger partial charge in [-0.05, 0) is 35.0 Å². The van der Waals surface area contributed by atoms with Gasteiger partial charge in [0, 0.05) is 6.07 Å². The van der Waals surface area contributed by atoms with Crippen molar-refractivity contribution in [2.75, 3.05) is 0 Å². The van der Waals surface area contributed by atoms with Crippen molar-refractivity contribution in [3.8, 4) is 11.5 Å². The molecule has 0 saturated heterocycles. The second-order valence-corrected chi connectivity index (χ2v) is 5.52. The number of phenolic OH excluding ortho intramolecular Hbond substituents is 1. The van der Waals surface area contributed by atoms with E-state index in [1.807, 2.05) is 42.5 Å². The molecule has 0 aliphatic rings. The number of ether oxygens (including phenoxy) is 1. The summed E-state index contributed by atoms with van der Waals surface area (Å²) in [6, 6.07) is 19.9. The summed E-state index contributed by atoms with van der Waals surface area (Å²) in [5, 5.41) is 12.2. The quantitative estimate of drug-likeness (QED) is 0.614. The van der Waals surface area contributed by atoms with Crippen LogP contribution >= 0.6 is 0 Å². The van der Waals surface area contributed by atoms with Crippen molar-refractivity contribution in [3.63, 3.8) is 0 Å². The fraction of sp³-hybridized carbons (Fsp3) is 0.0500. The number of fused-ring (bicyclic) bond motifs is 2. The molecule has 1 heterocycles. The summed E-state index contributed by atoms with van der Waals surface area (Å²) in [4.78, 5) is 12.1. The van der Waals surface area contributed by atoms with Gasteiger partial charge in [-0.1, -0.05) is 36.4 Å². The van der Waals surface area contributed by atoms with E-state index in [1.165, 1.54) is 12.1 Å². The molecule has 0 unspecified atom stereocenters. The van der Waals surface area contributed by atoms with Gasteiger partial charge in [-0.2, -0.15) is 0 Å². The van der Waals surface area contributed by atoms with E-state index < -0.39 is 0 Å². The molecule has 4 aromatic rings. The predicted molar refractivity (Wildman–Crippen MR) is 92.4 cm³/mol. The normalized spacial score (nSPS) is 11.0. The summed E-state index contributed by atoms with van der Waals surface area (Å²) in [7, 11) is 0. The van der Waals surface area contributed by atoms with E-state index in [9.17, 15) is 9.90 Å². The number of phenols is 1. The maximum absolute atomic E-state index is 12.1. The monoisotopic (exact) mass is 318 g/mol. The minimum absolute atomic E-state index is 0.0803. The molecule has 1 aromatic heterocycles. The number of rotatable bonds is 3. The van der Waals surface area contributed by atoms with Gasteiger partial charge in [-0.25, -0.2) is 0 Å². The lowest BCUT2D eigenvalue weighted by Crippen LogP contribution is -2.04. The number of hydrogen-bond acceptors (Lipinski definition) is 4. The zero-order valence-corrected chi connectivity index (χ0v) is 12.7. The SMILES string of the molecule is O=c1cc(COc2ccc3ccccc3c2)oc2cccc(O)c12. The minimum Gasteiger partial charge on any atom is -0.507 e. The smallest absolute Gasteiger partial charge is 0.196 e. The molecule has 0 spiro atoms. The first kappa shape index (κ1) is 14.3. The van der Waals surface area contributed by atoms with Gasteiger partial charge in [-0.15, -0.1) is 0 Å². The average Bonchev–Trinajstić information content (AvgIpc) is 2.59. The molecule has 24 heavy (non-hydrogen) atoms. The minimum atomic E-state index is -0.286. The molecule has 0 fully saturated rings. The second kappa shape index (κ2) is 5.74. The van der Waals surface area contributed by atoms with Crippen molar-refractivity contribution in [2.24, 2.45) is 0 Å². The lowest BCUT2D eigenvalue weighted by atomic mass is 10.1. The molecule has 1 N–H and O–H groups in total. The standard InChI is InChI=1S/C20H14O4/c21-17-6-3-7-19-20(17)18(22)11-16(24-19)12-23-15-9-8-13-4-1-2-5-14(13)10-15/h1-11,21H,12H2. The molecule has 4 rings (SSSR count). The summed E-state index contributed by atoms with van der Waals surface area (Å²) in [6.45, 7) is 0.138. The molecule has 0 saturated carbocycles. The Balaban J connectivity index is 1.63. The molecule has 118 valence electrons. The van der Waals surface area contributed by atoms with Crippen LogP contribution in [0, 0.1) is 0 Å². The van der Waals surface area contributed by atoms with Crippen LogP contribution in [0.4, 0.5) is 0 Å². The van der Waals surface area contributed by atoms with Crippen LogP contribution in [0.5, 0.6) is 11.5 Å². The Kier molecular flexibility index (Phi) is 3.43. The summed E-state index contributed by atoms with van der Waals surface area (Å²) >= 11 is 0. The van der Waals surface area contributed by atoms with E-state index in [0.29, 0.717) is 17.1 Å². The van der Waals surface area contributed by atoms with Crippen molar-refractivity contribution in [3.05, 3.63) is 82.7 Å². The van der Waals surface area contributed by atoms with Gasteiger partial charge in [0.25, 0.3) is 0 Å². The van der Waals surface area contributed by atoms with Crippen LogP contribution in [-0.4, -0.2) is 5.11 Å². The molecule has 0 bridgehead atoms. The fourth-order valence-corrected chi connectivity index (χ4v) is 2.72. The second-order valence-electron chi connectivity index (χ2n) is 5.52. The Bertz CT molecular complexity index is 1100. The third-order valence-electron chi connectivity index (χ3n) is 3.89. The van der Waals surface area contributed by atoms with Crippen LogP contribution in [0.15, 0.2) is 75.9 Å². The Morgan fingerprint density at radius 1 is 0.917 bits per heavy atom. The largest absolute Gasteiger partial charge is 0.507 e. The maximum atomic E-state index is 12.1. The molecule has 0 atom stereocenters. The van der Waals surface area contributed by atoms with Gasteiger partial charge in [-0.3, -0.25) is 4.79 Å². The van der Waals surface area contributed by atoms with Crippen LogP contribution < -0.4 is 10.2 Å². The third kappa shape index (κ3) is 2.58. The molecule has 0 aliphatic heterocycles. The summed E-state index contributed by atoms with van der Waals surface area (Å²) in [5.74, 6) is 1.03. The highest BCUT2D eigenvalue weighted by molar-refractivity contribution is 5.84. The van der Waals surface area contributed by atoms with E-state index in [1.54, 1.807) is 12.1 Å². The summed E-state index contributed by atoms with van der Waals surface area (Å²) in [6.07, 6.45) is 0. The molecule has 0 aliphatic carbocycles. The van der Waals surface area contributed by atoms with Crippen molar-refractivity contribution in [1.82, 2.24) is 0 Å². The molecule has 0 amide bonds. The highest BCUT2D eigenvalue weighted by Gasteiger charge is 2.09. The molecule has 4 nitrogen and oxygen atoms in total. The number of hydrogen-bond donors (Lipinski definition) is 1. The van der Waals surface area contributed by atoms with Gasteiger partial charge in [0.15, 0.2) is 5.43 Å². The van der Waals surface area contributed by atoms with Crippen LogP contribution in [0.25, 0.3) is 21.7 Å². The van der Waals surface area contributed by atoms with Gasteiger partial charge in [0.05, 0.1) is 0 Å². The lowest BCUT2D eigenvalue weighted by molar-refractivity contribution is 0.272. The highest BCUT2D eigenvalue weighted by Crippen LogP contribution is 2.24. The van der Waals surface area contributed by atoms with Gasteiger partial charge >= 0.3 is 0 Å². The van der Waals surface area contributed by atoms with E-state index in [0.717, 1.165) is 10.8 Å². The van der Waals surface area contributed by atoms with Crippen molar-refractivity contribution in [2.45, 2.75) is 6.61 Å². The van der Waals surface area contributed by atoms with Crippen LogP contribution in [0.3, 0.4) is 0 Å². The average molecular weight is 318 g/mol. The van der Waals surface area contributed by atoms with Crippen molar-refractivity contribution >= 4 is 21.7 Å². The lowest BCUT2D eigenvalue weighted by Gasteiger charge is -2.08. The molecular weight excluding hydrogens is 304 g/mol. The first-order valence-corrected chi connectivity index (χ1v) is 7.57. The van der Waals surface area contributed by atoms with E-state index in [4.69, 9.17) is 9.15 Å². The maximum Gasteiger partial charge on any atom is 0.196 e. The van der Waals surface area contributed by atoms with Gasteiger partial charge < -0.3 is 14.3 Å². The van der Waals surface area contributed by atoms with Crippen LogP contribution in [-0.2, 0) is 6.61 Å². The Hall–Kier alpha value is -3.27. The van der Waals surface area contributed by atoms with Crippen LogP contribution in [0.2, 0.25) is 0 Å². The zero-order valence-electron chi connectivity index (χ0n) is 12.7. The van der Waals surface area contributed by atoms with E-state index in [-0.39, 0.29) is 23.2 Å². The predicted octanol–water partition coefficient (Wildman–Crippen LogP) is 4.23. The third-order valence-corrected chi connectivity index (χ3v) is 3.89. The molecule has 3 aromatic carbocycles. The Morgan fingerprint density at radius 3 is 2.62 bits per heavy atom. The summed E-state index contributed by atoms with van der Waals surface area (Å²) < 4.78 is 11.4. The summed E-state index contributed by atoms with van der Waals surface area (Å²) in [5.41, 5.74) is 0.0612. The Morgan fingerprint density at radius 2 is 1.75 bits per heavy atom. The zero-order chi connectivity index (χ0) is 16.5. The molecular formula is C20H14O4. The van der Waals surface area contributed by atoms with Gasteiger partial charge in [0.1, 0.15) is 34.8 Å². The Labute approximate surface area is 137 Å². The van der Waals surface area contributed by atoms with Crippen molar-refractivity contribution in [1.29, 1.82) is 0 Å². The molecule has 4 heteroatoms. The molecule has 0 radical (unpaired) electrons. The van der Waals surface area contributed by atoms with Crippen molar-refractivity contribution < 1.29 is 14.3 Å². The topological polar surface area (TPSA) is 59.7 Å². The highest BCUT2D eigenvalue weighted by atomic mass is 16.5. The number of aromatic hydroxyl groups is 1. The van der Waals surface area contributed by atoms with Gasteiger partial charge in [0.2, 0.25) is 0 Å². The van der Waals surface area contributed by atoms with E-state index >= 15 is 0 Å². The van der Waals surface area contributed by atoms with Crippen LogP contribution in [0.1, 0.15) is 5.76 Å². The fourth-order valence-electron chi connectivity index (χ4n) is 2.72. The first-order chi connectivity index (χ1) is 11.7. The first-order valence-electron chi connectivity index (χ1n) is 7.57. The number of benzene rings is 3. The van der Waals surface area contributed by atoms with E-state index in [2.05, 4.69) is 0 Å².